The number of hydrogen-bond donors (Lipinski definition) is 0. The summed E-state index contributed by atoms with van der Waals surface area (Å²) in [4.78, 5) is 6.12. The summed E-state index contributed by atoms with van der Waals surface area (Å²) in [5.41, 5.74) is 10.4. The van der Waals surface area contributed by atoms with E-state index >= 15 is 0 Å². The van der Waals surface area contributed by atoms with Gasteiger partial charge in [0.15, 0.2) is 17.9 Å². The van der Waals surface area contributed by atoms with Crippen molar-refractivity contribution in [3.63, 3.8) is 0 Å². The van der Waals surface area contributed by atoms with Crippen LogP contribution < -0.4 is 14.4 Å². The van der Waals surface area contributed by atoms with Crippen molar-refractivity contribution < 1.29 is 14.0 Å². The van der Waals surface area contributed by atoms with E-state index < -0.39 is 0 Å². The normalized spacial score (nSPS) is 18.4. The second kappa shape index (κ2) is 16.2. The topological polar surface area (TPSA) is 52.9 Å². The molecule has 0 bridgehead atoms. The molecule has 7 rings (SSSR count). The van der Waals surface area contributed by atoms with E-state index in [1.165, 1.54) is 31.7 Å². The van der Waals surface area contributed by atoms with Crippen LogP contribution in [0.2, 0.25) is 0 Å². The molecule has 276 valence electrons. The van der Waals surface area contributed by atoms with Crippen molar-refractivity contribution in [2.75, 3.05) is 31.2 Å². The van der Waals surface area contributed by atoms with Gasteiger partial charge in [0, 0.05) is 38.1 Å². The van der Waals surface area contributed by atoms with Crippen molar-refractivity contribution in [2.24, 2.45) is 0 Å². The SMILES string of the molecule is [C-]#[N+]c1ccc2c(c1)C(C)(C)C(=CC=C1CCCC(C=CC3=[N+](CCOc4ccccc4)c4ccc(C#N)cc4C3(C)C)=C1I)N2CCOc1ccccc1. The maximum atomic E-state index is 9.73. The average molecular weight is 838 g/mol. The quantitative estimate of drug-likeness (QED) is 0.0858. The second-order valence-electron chi connectivity index (χ2n) is 15.2. The number of hydrogen-bond acceptors (Lipinski definition) is 4. The fourth-order valence-corrected chi connectivity index (χ4v) is 8.97. The van der Waals surface area contributed by atoms with E-state index in [0.29, 0.717) is 37.6 Å². The lowest BCUT2D eigenvalue weighted by atomic mass is 9.80. The number of halogens is 1. The van der Waals surface area contributed by atoms with Crippen LogP contribution in [0.3, 0.4) is 0 Å². The van der Waals surface area contributed by atoms with Gasteiger partial charge in [0.2, 0.25) is 5.69 Å². The summed E-state index contributed by atoms with van der Waals surface area (Å²) >= 11 is 2.54. The van der Waals surface area contributed by atoms with Gasteiger partial charge in [0.05, 0.1) is 30.2 Å². The third-order valence-electron chi connectivity index (χ3n) is 11.0. The molecule has 0 fully saturated rings. The molecule has 0 spiro atoms. The molecule has 0 saturated carbocycles. The van der Waals surface area contributed by atoms with Gasteiger partial charge in [-0.2, -0.15) is 9.84 Å². The summed E-state index contributed by atoms with van der Waals surface area (Å²) < 4.78 is 16.0. The van der Waals surface area contributed by atoms with Crippen LogP contribution in [-0.4, -0.2) is 36.6 Å². The van der Waals surface area contributed by atoms with E-state index in [4.69, 9.17) is 16.0 Å². The molecule has 0 N–H and O–H groups in total. The van der Waals surface area contributed by atoms with E-state index in [1.54, 1.807) is 0 Å². The Labute approximate surface area is 339 Å². The maximum Gasteiger partial charge on any atom is 0.209 e. The number of fused-ring (bicyclic) bond motifs is 2. The fraction of sp³-hybridized carbons (Fsp3) is 0.271. The first-order valence-electron chi connectivity index (χ1n) is 18.9. The van der Waals surface area contributed by atoms with E-state index in [2.05, 4.69) is 107 Å². The van der Waals surface area contributed by atoms with E-state index in [9.17, 15) is 5.26 Å². The predicted molar refractivity (Wildman–Crippen MR) is 231 cm³/mol. The molecule has 2 aliphatic heterocycles. The Bertz CT molecular complexity index is 2340. The molecule has 0 amide bonds. The molecule has 55 heavy (non-hydrogen) atoms. The van der Waals surface area contributed by atoms with Crippen LogP contribution in [-0.2, 0) is 10.8 Å². The minimum atomic E-state index is -0.293. The van der Waals surface area contributed by atoms with Crippen LogP contribution in [0.4, 0.5) is 17.1 Å². The van der Waals surface area contributed by atoms with Crippen molar-refractivity contribution in [2.45, 2.75) is 57.8 Å². The molecule has 0 radical (unpaired) electrons. The number of ether oxygens (including phenoxy) is 2. The minimum Gasteiger partial charge on any atom is -0.492 e. The number of rotatable bonds is 11. The van der Waals surface area contributed by atoms with Crippen LogP contribution in [0.15, 0.2) is 142 Å². The predicted octanol–water partition coefficient (Wildman–Crippen LogP) is 11.7. The highest BCUT2D eigenvalue weighted by molar-refractivity contribution is 14.1. The van der Waals surface area contributed by atoms with Gasteiger partial charge in [-0.3, -0.25) is 0 Å². The summed E-state index contributed by atoms with van der Waals surface area (Å²) in [6.45, 7) is 19.1. The molecule has 0 unspecified atom stereocenters. The smallest absolute Gasteiger partial charge is 0.209 e. The molecule has 4 aromatic rings. The summed E-state index contributed by atoms with van der Waals surface area (Å²) in [5, 5.41) is 9.73. The van der Waals surface area contributed by atoms with Gasteiger partial charge in [-0.25, -0.2) is 4.85 Å². The molecule has 2 heterocycles. The highest BCUT2D eigenvalue weighted by atomic mass is 127. The Morgan fingerprint density at radius 3 is 2.24 bits per heavy atom. The Balaban J connectivity index is 1.19. The third-order valence-corrected chi connectivity index (χ3v) is 12.4. The first kappa shape index (κ1) is 37.9. The third kappa shape index (κ3) is 7.77. The highest BCUT2D eigenvalue weighted by Gasteiger charge is 2.44. The Kier molecular flexibility index (Phi) is 11.1. The number of anilines is 1. The summed E-state index contributed by atoms with van der Waals surface area (Å²) in [5.74, 6) is 1.72. The Morgan fingerprint density at radius 1 is 0.836 bits per heavy atom. The van der Waals surface area contributed by atoms with E-state index in [-0.39, 0.29) is 10.8 Å². The van der Waals surface area contributed by atoms with Gasteiger partial charge < -0.3 is 14.4 Å². The zero-order valence-electron chi connectivity index (χ0n) is 32.0. The molecule has 1 aliphatic carbocycles. The van der Waals surface area contributed by atoms with Crippen LogP contribution in [0.5, 0.6) is 11.5 Å². The van der Waals surface area contributed by atoms with E-state index in [1.807, 2.05) is 84.9 Å². The molecule has 3 aliphatic rings. The van der Waals surface area contributed by atoms with Crippen molar-refractivity contribution >= 4 is 45.4 Å². The van der Waals surface area contributed by atoms with Crippen molar-refractivity contribution in [3.05, 3.63) is 170 Å². The van der Waals surface area contributed by atoms with Crippen LogP contribution in [0.25, 0.3) is 4.85 Å². The molecule has 0 atom stereocenters. The Morgan fingerprint density at radius 2 is 1.55 bits per heavy atom. The zero-order valence-corrected chi connectivity index (χ0v) is 34.1. The minimum absolute atomic E-state index is 0.287. The van der Waals surface area contributed by atoms with Gasteiger partial charge in [-0.15, -0.1) is 0 Å². The van der Waals surface area contributed by atoms with Crippen molar-refractivity contribution in [3.8, 4) is 17.6 Å². The summed E-state index contributed by atoms with van der Waals surface area (Å²) in [6, 6.07) is 34.3. The number of benzene rings is 4. The molecule has 4 aromatic carbocycles. The van der Waals surface area contributed by atoms with Crippen LogP contribution in [0, 0.1) is 17.9 Å². The largest absolute Gasteiger partial charge is 0.492 e. The molecular weight excluding hydrogens is 791 g/mol. The number of nitrogens with zero attached hydrogens (tertiary/aromatic N) is 4. The molecule has 7 heteroatoms. The van der Waals surface area contributed by atoms with Crippen LogP contribution >= 0.6 is 22.6 Å². The Hall–Kier alpha value is -5.38. The van der Waals surface area contributed by atoms with Gasteiger partial charge in [-0.1, -0.05) is 74.5 Å². The first-order valence-corrected chi connectivity index (χ1v) is 20.0. The second-order valence-corrected chi connectivity index (χ2v) is 16.3. The molecular formula is C48H46IN4O2+. The highest BCUT2D eigenvalue weighted by Crippen LogP contribution is 2.49. The standard InChI is InChI=1S/C48H46IN4O2/c1-47(2)40-31-34(33-50)19-23-42(40)52(27-29-54-38-15-8-6-9-16-38)44(47)25-20-35-13-12-14-36(46(35)49)21-26-45-48(3,4)41-32-37(51-5)22-24-43(41)53(45)28-30-55-39-17-10-7-11-18-39/h6-11,15-26,31-32H,12-14,27-30H2,1-4H3/q+1. The number of nitriles is 1. The lowest BCUT2D eigenvalue weighted by molar-refractivity contribution is -0.439. The molecule has 0 saturated heterocycles. The number of allylic oxidation sites excluding steroid dienone is 8. The summed E-state index contributed by atoms with van der Waals surface area (Å²) in [7, 11) is 0. The fourth-order valence-electron chi connectivity index (χ4n) is 8.07. The van der Waals surface area contributed by atoms with Gasteiger partial charge in [0.25, 0.3) is 0 Å². The first-order chi connectivity index (χ1) is 26.6. The van der Waals surface area contributed by atoms with Crippen molar-refractivity contribution in [1.29, 1.82) is 5.26 Å². The summed E-state index contributed by atoms with van der Waals surface area (Å²) in [6.07, 6.45) is 12.3. The number of para-hydroxylation sites is 2. The lowest BCUT2D eigenvalue weighted by Crippen LogP contribution is -2.29. The molecule has 0 aromatic heterocycles. The maximum absolute atomic E-state index is 9.73. The van der Waals surface area contributed by atoms with Crippen molar-refractivity contribution in [1.82, 2.24) is 0 Å². The van der Waals surface area contributed by atoms with Crippen LogP contribution in [0.1, 0.15) is 63.6 Å². The lowest BCUT2D eigenvalue weighted by Gasteiger charge is -2.27. The van der Waals surface area contributed by atoms with Gasteiger partial charge in [-0.05, 0) is 121 Å². The van der Waals surface area contributed by atoms with Gasteiger partial charge in [0.1, 0.15) is 24.7 Å². The monoisotopic (exact) mass is 837 g/mol. The average Bonchev–Trinajstić information content (AvgIpc) is 3.54. The van der Waals surface area contributed by atoms with Gasteiger partial charge >= 0.3 is 0 Å². The zero-order chi connectivity index (χ0) is 38.6. The van der Waals surface area contributed by atoms with E-state index in [0.717, 1.165) is 47.7 Å². The molecule has 6 nitrogen and oxygen atoms in total.